The summed E-state index contributed by atoms with van der Waals surface area (Å²) in [4.78, 5) is 22.2. The van der Waals surface area contributed by atoms with E-state index in [4.69, 9.17) is 9.84 Å². The number of hydrogen-bond acceptors (Lipinski definition) is 3. The van der Waals surface area contributed by atoms with Crippen LogP contribution in [-0.2, 0) is 16.0 Å². The number of nitrogens with one attached hydrogen (secondary N) is 1. The van der Waals surface area contributed by atoms with Gasteiger partial charge < -0.3 is 9.84 Å². The zero-order valence-electron chi connectivity index (χ0n) is 10.7. The van der Waals surface area contributed by atoms with Gasteiger partial charge >= 0.3 is 12.1 Å². The summed E-state index contributed by atoms with van der Waals surface area (Å²) in [7, 11) is 0. The van der Waals surface area contributed by atoms with Gasteiger partial charge in [-0.2, -0.15) is 0 Å². The van der Waals surface area contributed by atoms with E-state index in [1.165, 1.54) is 0 Å². The molecule has 0 heterocycles. The average Bonchev–Trinajstić information content (AvgIpc) is 2.23. The van der Waals surface area contributed by atoms with E-state index in [0.29, 0.717) is 11.3 Å². The minimum absolute atomic E-state index is 0.131. The van der Waals surface area contributed by atoms with E-state index in [2.05, 4.69) is 5.32 Å². The molecule has 2 N–H and O–H groups in total. The van der Waals surface area contributed by atoms with Crippen LogP contribution in [0.5, 0.6) is 0 Å². The Bertz CT molecular complexity index is 468. The van der Waals surface area contributed by atoms with Gasteiger partial charge in [0, 0.05) is 5.69 Å². The van der Waals surface area contributed by atoms with Gasteiger partial charge in [-0.25, -0.2) is 4.79 Å². The fourth-order valence-electron chi connectivity index (χ4n) is 1.77. The maximum Gasteiger partial charge on any atom is 0.411 e. The first-order chi connectivity index (χ1) is 8.43. The number of ether oxygens (including phenoxy) is 1. The van der Waals surface area contributed by atoms with Crippen LogP contribution in [0.1, 0.15) is 23.6 Å². The zero-order valence-corrected chi connectivity index (χ0v) is 10.7. The summed E-state index contributed by atoms with van der Waals surface area (Å²) in [6.45, 7) is 5.68. The van der Waals surface area contributed by atoms with Gasteiger partial charge in [0.25, 0.3) is 0 Å². The molecule has 1 aromatic carbocycles. The third-order valence-electron chi connectivity index (χ3n) is 2.46. The number of carboxylic acid groups (broad SMARTS) is 1. The molecule has 0 radical (unpaired) electrons. The monoisotopic (exact) mass is 251 g/mol. The van der Waals surface area contributed by atoms with Crippen LogP contribution < -0.4 is 5.32 Å². The number of aryl methyl sites for hydroxylation is 2. The lowest BCUT2D eigenvalue weighted by Gasteiger charge is -2.13. The molecule has 18 heavy (non-hydrogen) atoms. The van der Waals surface area contributed by atoms with Crippen LogP contribution in [-0.4, -0.2) is 23.8 Å². The maximum absolute atomic E-state index is 11.4. The van der Waals surface area contributed by atoms with Crippen LogP contribution in [0.3, 0.4) is 0 Å². The molecule has 1 rings (SSSR count). The van der Waals surface area contributed by atoms with E-state index >= 15 is 0 Å². The number of aliphatic carboxylic acids is 1. The number of hydrogen-bond donors (Lipinski definition) is 2. The fourth-order valence-corrected chi connectivity index (χ4v) is 1.77. The van der Waals surface area contributed by atoms with Crippen molar-refractivity contribution in [1.29, 1.82) is 0 Å². The molecule has 0 fully saturated rings. The Kier molecular flexibility index (Phi) is 4.71. The highest BCUT2D eigenvalue weighted by atomic mass is 16.5. The van der Waals surface area contributed by atoms with Crippen LogP contribution in [0, 0.1) is 13.8 Å². The summed E-state index contributed by atoms with van der Waals surface area (Å²) in [6.07, 6.45) is -0.706. The van der Waals surface area contributed by atoms with Crippen molar-refractivity contribution < 1.29 is 19.4 Å². The Hall–Kier alpha value is -2.04. The first-order valence-electron chi connectivity index (χ1n) is 5.69. The molecule has 1 amide bonds. The molecule has 0 atom stereocenters. The number of carboxylic acids is 1. The maximum atomic E-state index is 11.4. The van der Waals surface area contributed by atoms with Gasteiger partial charge in [0.1, 0.15) is 0 Å². The molecule has 5 nitrogen and oxygen atoms in total. The summed E-state index contributed by atoms with van der Waals surface area (Å²) in [5.74, 6) is -0.936. The molecule has 5 heteroatoms. The van der Waals surface area contributed by atoms with Crippen molar-refractivity contribution in [2.75, 3.05) is 11.9 Å². The summed E-state index contributed by atoms with van der Waals surface area (Å²) in [5.41, 5.74) is 2.88. The summed E-state index contributed by atoms with van der Waals surface area (Å²) in [5, 5.41) is 11.5. The van der Waals surface area contributed by atoms with Crippen LogP contribution >= 0.6 is 0 Å². The van der Waals surface area contributed by atoms with E-state index < -0.39 is 12.1 Å². The number of rotatable bonds is 4. The van der Waals surface area contributed by atoms with E-state index in [-0.39, 0.29) is 13.0 Å². The van der Waals surface area contributed by atoms with Gasteiger partial charge in [0.2, 0.25) is 0 Å². The van der Waals surface area contributed by atoms with Gasteiger partial charge in [-0.15, -0.1) is 0 Å². The Morgan fingerprint density at radius 1 is 1.33 bits per heavy atom. The normalized spacial score (nSPS) is 9.94. The van der Waals surface area contributed by atoms with E-state index in [9.17, 15) is 9.59 Å². The van der Waals surface area contributed by atoms with E-state index in [1.54, 1.807) is 13.0 Å². The molecule has 0 saturated carbocycles. The molecule has 98 valence electrons. The van der Waals surface area contributed by atoms with Crippen LogP contribution in [0.15, 0.2) is 12.1 Å². The minimum Gasteiger partial charge on any atom is -0.481 e. The second-order valence-electron chi connectivity index (χ2n) is 4.02. The Morgan fingerprint density at radius 2 is 2.00 bits per heavy atom. The quantitative estimate of drug-likeness (QED) is 0.862. The molecule has 0 unspecified atom stereocenters. The minimum atomic E-state index is -0.936. The van der Waals surface area contributed by atoms with Crippen LogP contribution in [0.25, 0.3) is 0 Å². The second kappa shape index (κ2) is 6.05. The summed E-state index contributed by atoms with van der Waals surface area (Å²) in [6, 6.07) is 3.62. The van der Waals surface area contributed by atoms with Crippen molar-refractivity contribution in [3.05, 3.63) is 28.8 Å². The predicted molar refractivity (Wildman–Crippen MR) is 67.9 cm³/mol. The average molecular weight is 251 g/mol. The topological polar surface area (TPSA) is 75.6 Å². The third-order valence-corrected chi connectivity index (χ3v) is 2.46. The molecule has 0 spiro atoms. The highest BCUT2D eigenvalue weighted by molar-refractivity contribution is 5.87. The SMILES string of the molecule is CCOC(=O)Nc1cc(C)cc(C)c1CC(=O)O. The number of amides is 1. The molecule has 0 aliphatic heterocycles. The molecule has 0 aliphatic carbocycles. The van der Waals surface area contributed by atoms with Gasteiger partial charge in [-0.1, -0.05) is 6.07 Å². The first-order valence-corrected chi connectivity index (χ1v) is 5.69. The second-order valence-corrected chi connectivity index (χ2v) is 4.02. The lowest BCUT2D eigenvalue weighted by Crippen LogP contribution is -2.16. The molecular formula is C13H17NO4. The van der Waals surface area contributed by atoms with E-state index in [0.717, 1.165) is 11.1 Å². The molecule has 0 saturated heterocycles. The lowest BCUT2D eigenvalue weighted by molar-refractivity contribution is -0.136. The van der Waals surface area contributed by atoms with Crippen LogP contribution in [0.2, 0.25) is 0 Å². The van der Waals surface area contributed by atoms with Crippen molar-refractivity contribution >= 4 is 17.7 Å². The van der Waals surface area contributed by atoms with Crippen molar-refractivity contribution in [2.45, 2.75) is 27.2 Å². The van der Waals surface area contributed by atoms with Crippen molar-refractivity contribution in [3.63, 3.8) is 0 Å². The third kappa shape index (κ3) is 3.76. The number of carbonyl (C=O) groups excluding carboxylic acids is 1. The predicted octanol–water partition coefficient (Wildman–Crippen LogP) is 2.50. The smallest absolute Gasteiger partial charge is 0.411 e. The fraction of sp³-hybridized carbons (Fsp3) is 0.385. The Labute approximate surface area is 106 Å². The molecule has 0 aliphatic rings. The molecular weight excluding hydrogens is 234 g/mol. The summed E-state index contributed by atoms with van der Waals surface area (Å²) < 4.78 is 4.79. The number of anilines is 1. The molecule has 0 aromatic heterocycles. The highest BCUT2D eigenvalue weighted by Crippen LogP contribution is 2.23. The molecule has 1 aromatic rings. The van der Waals surface area contributed by atoms with Crippen molar-refractivity contribution in [2.24, 2.45) is 0 Å². The molecule has 0 bridgehead atoms. The van der Waals surface area contributed by atoms with Gasteiger partial charge in [-0.05, 0) is 43.5 Å². The highest BCUT2D eigenvalue weighted by Gasteiger charge is 2.13. The summed E-state index contributed by atoms with van der Waals surface area (Å²) >= 11 is 0. The van der Waals surface area contributed by atoms with Gasteiger partial charge in [0.15, 0.2) is 0 Å². The van der Waals surface area contributed by atoms with E-state index in [1.807, 2.05) is 19.9 Å². The largest absolute Gasteiger partial charge is 0.481 e. The Morgan fingerprint density at radius 3 is 2.56 bits per heavy atom. The first kappa shape index (κ1) is 14.0. The van der Waals surface area contributed by atoms with Crippen molar-refractivity contribution in [1.82, 2.24) is 0 Å². The standard InChI is InChI=1S/C13H17NO4/c1-4-18-13(17)14-11-6-8(2)5-9(3)10(11)7-12(15)16/h5-6H,4,7H2,1-3H3,(H,14,17)(H,15,16). The van der Waals surface area contributed by atoms with Crippen molar-refractivity contribution in [3.8, 4) is 0 Å². The van der Waals surface area contributed by atoms with Gasteiger partial charge in [-0.3, -0.25) is 10.1 Å². The number of carbonyl (C=O) groups is 2. The van der Waals surface area contributed by atoms with Crippen LogP contribution in [0.4, 0.5) is 10.5 Å². The Balaban J connectivity index is 3.06. The lowest BCUT2D eigenvalue weighted by atomic mass is 10.0. The number of benzene rings is 1. The van der Waals surface area contributed by atoms with Gasteiger partial charge in [0.05, 0.1) is 13.0 Å². The zero-order chi connectivity index (χ0) is 13.7.